The first kappa shape index (κ1) is 14.0. The Bertz CT molecular complexity index is 465. The van der Waals surface area contributed by atoms with E-state index in [1.807, 2.05) is 0 Å². The van der Waals surface area contributed by atoms with Crippen LogP contribution in [0.2, 0.25) is 0 Å². The summed E-state index contributed by atoms with van der Waals surface area (Å²) in [5, 5.41) is 11.9. The van der Waals surface area contributed by atoms with E-state index in [2.05, 4.69) is 5.32 Å². The highest BCUT2D eigenvalue weighted by atomic mass is 32.2. The number of carboxylic acids is 1. The van der Waals surface area contributed by atoms with E-state index in [0.717, 1.165) is 12.8 Å². The molecule has 1 unspecified atom stereocenters. The molecule has 0 spiro atoms. The zero-order valence-electron chi connectivity index (χ0n) is 10.7. The Kier molecular flexibility index (Phi) is 4.52. The van der Waals surface area contributed by atoms with Crippen LogP contribution >= 0.6 is 11.8 Å². The van der Waals surface area contributed by atoms with E-state index in [9.17, 15) is 9.59 Å². The maximum atomic E-state index is 12.0. The normalized spacial score (nSPS) is 17.3. The number of thioether (sulfide) groups is 1. The third-order valence-electron chi connectivity index (χ3n) is 3.16. The van der Waals surface area contributed by atoms with Crippen molar-refractivity contribution in [3.63, 3.8) is 0 Å². The predicted molar refractivity (Wildman–Crippen MR) is 71.4 cm³/mol. The number of hydrogen-bond acceptors (Lipinski definition) is 4. The molecule has 104 valence electrons. The molecule has 2 rings (SSSR count). The van der Waals surface area contributed by atoms with E-state index < -0.39 is 5.97 Å². The maximum absolute atomic E-state index is 12.0. The first-order valence-electron chi connectivity index (χ1n) is 6.36. The highest BCUT2D eigenvalue weighted by Gasteiger charge is 2.22. The van der Waals surface area contributed by atoms with Crippen LogP contribution in [0.1, 0.15) is 43.2 Å². The molecule has 1 saturated carbocycles. The van der Waals surface area contributed by atoms with Gasteiger partial charge in [0.05, 0.1) is 5.25 Å². The van der Waals surface area contributed by atoms with Crippen LogP contribution in [-0.2, 0) is 4.79 Å². The summed E-state index contributed by atoms with van der Waals surface area (Å²) in [5.41, 5.74) is 0. The van der Waals surface area contributed by atoms with Crippen LogP contribution in [0.5, 0.6) is 0 Å². The van der Waals surface area contributed by atoms with Crippen molar-refractivity contribution in [2.24, 2.45) is 0 Å². The third kappa shape index (κ3) is 3.76. The molecule has 0 radical (unpaired) electrons. The first-order valence-corrected chi connectivity index (χ1v) is 7.24. The summed E-state index contributed by atoms with van der Waals surface area (Å²) in [6, 6.07) is 3.27. The topological polar surface area (TPSA) is 79.5 Å². The number of carbonyl (C=O) groups excluding carboxylic acids is 1. The van der Waals surface area contributed by atoms with Gasteiger partial charge in [0, 0.05) is 6.04 Å². The largest absolute Gasteiger partial charge is 0.475 e. The van der Waals surface area contributed by atoms with Crippen molar-refractivity contribution in [2.75, 3.05) is 0 Å². The second-order valence-electron chi connectivity index (χ2n) is 4.67. The quantitative estimate of drug-likeness (QED) is 0.812. The van der Waals surface area contributed by atoms with Crippen LogP contribution in [0, 0.1) is 0 Å². The minimum absolute atomic E-state index is 0.0230. The number of hydrogen-bond donors (Lipinski definition) is 2. The fraction of sp³-hybridized carbons (Fsp3) is 0.538. The molecule has 0 aromatic carbocycles. The maximum Gasteiger partial charge on any atom is 0.371 e. The average Bonchev–Trinajstić information content (AvgIpc) is 2.99. The molecular formula is C13H17NO4S. The first-order chi connectivity index (χ1) is 9.06. The summed E-state index contributed by atoms with van der Waals surface area (Å²) in [6.07, 6.45) is 4.44. The Morgan fingerprint density at radius 3 is 2.68 bits per heavy atom. The van der Waals surface area contributed by atoms with E-state index in [0.29, 0.717) is 11.1 Å². The van der Waals surface area contributed by atoms with Gasteiger partial charge in [0.25, 0.3) is 0 Å². The fourth-order valence-electron chi connectivity index (χ4n) is 2.11. The second-order valence-corrected chi connectivity index (χ2v) is 6.02. The Hall–Kier alpha value is -1.43. The van der Waals surface area contributed by atoms with Gasteiger partial charge in [-0.1, -0.05) is 24.6 Å². The Labute approximate surface area is 115 Å². The van der Waals surface area contributed by atoms with Crippen LogP contribution in [0.25, 0.3) is 0 Å². The molecular weight excluding hydrogens is 266 g/mol. The van der Waals surface area contributed by atoms with E-state index in [1.165, 1.54) is 30.7 Å². The van der Waals surface area contributed by atoms with E-state index in [4.69, 9.17) is 9.52 Å². The van der Waals surface area contributed by atoms with Crippen molar-refractivity contribution in [1.82, 2.24) is 5.32 Å². The highest BCUT2D eigenvalue weighted by Crippen LogP contribution is 2.26. The lowest BCUT2D eigenvalue weighted by Crippen LogP contribution is -2.37. The summed E-state index contributed by atoms with van der Waals surface area (Å²) in [6.45, 7) is 1.79. The van der Waals surface area contributed by atoms with E-state index in [-0.39, 0.29) is 16.9 Å². The molecule has 0 saturated heterocycles. The molecule has 0 aliphatic heterocycles. The van der Waals surface area contributed by atoms with Gasteiger partial charge in [-0.15, -0.1) is 0 Å². The Balaban J connectivity index is 1.86. The summed E-state index contributed by atoms with van der Waals surface area (Å²) >= 11 is 1.23. The number of furan rings is 1. The van der Waals surface area contributed by atoms with Crippen LogP contribution in [-0.4, -0.2) is 28.3 Å². The molecule has 2 N–H and O–H groups in total. The molecule has 5 nitrogen and oxygen atoms in total. The van der Waals surface area contributed by atoms with Gasteiger partial charge < -0.3 is 14.8 Å². The Morgan fingerprint density at radius 1 is 1.42 bits per heavy atom. The molecule has 19 heavy (non-hydrogen) atoms. The highest BCUT2D eigenvalue weighted by molar-refractivity contribution is 8.00. The lowest BCUT2D eigenvalue weighted by molar-refractivity contribution is -0.120. The lowest BCUT2D eigenvalue weighted by Gasteiger charge is -2.15. The lowest BCUT2D eigenvalue weighted by atomic mass is 10.2. The molecule has 1 amide bonds. The smallest absolute Gasteiger partial charge is 0.371 e. The van der Waals surface area contributed by atoms with Crippen molar-refractivity contribution in [2.45, 2.75) is 49.0 Å². The summed E-state index contributed by atoms with van der Waals surface area (Å²) in [7, 11) is 0. The van der Waals surface area contributed by atoms with Crippen molar-refractivity contribution in [3.8, 4) is 0 Å². The van der Waals surface area contributed by atoms with Gasteiger partial charge in [-0.05, 0) is 31.9 Å². The van der Waals surface area contributed by atoms with Gasteiger partial charge in [-0.25, -0.2) is 4.79 Å². The third-order valence-corrected chi connectivity index (χ3v) is 4.18. The van der Waals surface area contributed by atoms with Gasteiger partial charge in [0.1, 0.15) is 0 Å². The van der Waals surface area contributed by atoms with Crippen molar-refractivity contribution >= 4 is 23.6 Å². The Morgan fingerprint density at radius 2 is 2.11 bits per heavy atom. The zero-order valence-corrected chi connectivity index (χ0v) is 11.5. The number of carboxylic acid groups (broad SMARTS) is 1. The number of rotatable bonds is 5. The fourth-order valence-corrected chi connectivity index (χ4v) is 2.92. The molecule has 1 aliphatic carbocycles. The molecule has 1 aromatic rings. The minimum atomic E-state index is -1.10. The molecule has 0 bridgehead atoms. The SMILES string of the molecule is CC(Sc1ccc(C(=O)O)o1)C(=O)NC1CCCC1. The standard InChI is InChI=1S/C13H17NO4S/c1-8(12(15)14-9-4-2-3-5-9)19-11-7-6-10(18-11)13(16)17/h6-9H,2-5H2,1H3,(H,14,15)(H,16,17). The minimum Gasteiger partial charge on any atom is -0.475 e. The van der Waals surface area contributed by atoms with E-state index >= 15 is 0 Å². The molecule has 1 atom stereocenters. The average molecular weight is 283 g/mol. The molecule has 6 heteroatoms. The number of amides is 1. The van der Waals surface area contributed by atoms with Gasteiger partial charge >= 0.3 is 5.97 Å². The molecule has 1 fully saturated rings. The molecule has 1 aromatic heterocycles. The van der Waals surface area contributed by atoms with Crippen molar-refractivity contribution < 1.29 is 19.1 Å². The number of nitrogens with one attached hydrogen (secondary N) is 1. The number of carbonyl (C=O) groups is 2. The molecule has 1 aliphatic rings. The van der Waals surface area contributed by atoms with Crippen molar-refractivity contribution in [1.29, 1.82) is 0 Å². The van der Waals surface area contributed by atoms with Crippen molar-refractivity contribution in [3.05, 3.63) is 17.9 Å². The summed E-state index contributed by atoms with van der Waals surface area (Å²) in [4.78, 5) is 22.6. The molecule has 1 heterocycles. The zero-order chi connectivity index (χ0) is 13.8. The summed E-state index contributed by atoms with van der Waals surface area (Å²) in [5.74, 6) is -1.23. The van der Waals surface area contributed by atoms with Gasteiger partial charge in [0.2, 0.25) is 11.7 Å². The van der Waals surface area contributed by atoms with Crippen LogP contribution in [0.4, 0.5) is 0 Å². The van der Waals surface area contributed by atoms with Crippen LogP contribution in [0.3, 0.4) is 0 Å². The van der Waals surface area contributed by atoms with Gasteiger partial charge in [0.15, 0.2) is 5.09 Å². The predicted octanol–water partition coefficient (Wildman–Crippen LogP) is 2.52. The number of aromatic carboxylic acids is 1. The van der Waals surface area contributed by atoms with Gasteiger partial charge in [-0.3, -0.25) is 4.79 Å². The van der Waals surface area contributed by atoms with Gasteiger partial charge in [-0.2, -0.15) is 0 Å². The summed E-state index contributed by atoms with van der Waals surface area (Å²) < 4.78 is 5.12. The van der Waals surface area contributed by atoms with E-state index in [1.54, 1.807) is 13.0 Å². The second kappa shape index (κ2) is 6.14. The van der Waals surface area contributed by atoms with Crippen LogP contribution < -0.4 is 5.32 Å². The van der Waals surface area contributed by atoms with Crippen LogP contribution in [0.15, 0.2) is 21.6 Å². The monoisotopic (exact) mass is 283 g/mol.